The number of benzene rings is 1. The van der Waals surface area contributed by atoms with Crippen molar-refractivity contribution in [2.45, 2.75) is 51.8 Å². The topological polar surface area (TPSA) is 30.5 Å². The normalized spacial score (nSPS) is 22.8. The van der Waals surface area contributed by atoms with Crippen molar-refractivity contribution >= 4 is 0 Å². The van der Waals surface area contributed by atoms with Gasteiger partial charge in [-0.1, -0.05) is 0 Å². The van der Waals surface area contributed by atoms with Crippen molar-refractivity contribution in [2.75, 3.05) is 7.11 Å². The first-order valence-electron chi connectivity index (χ1n) is 7.27. The Morgan fingerprint density at radius 1 is 1.42 bits per heavy atom. The van der Waals surface area contributed by atoms with E-state index in [0.29, 0.717) is 6.04 Å². The monoisotopic (exact) mass is 261 g/mol. The Labute approximate surface area is 115 Å². The van der Waals surface area contributed by atoms with Crippen LogP contribution in [0.3, 0.4) is 0 Å². The maximum atomic E-state index is 5.83. The van der Waals surface area contributed by atoms with Gasteiger partial charge >= 0.3 is 0 Å². The molecule has 0 aromatic heterocycles. The standard InChI is InChI=1S/C16H23NO2/c1-10-6-13-7-15(18-3)14(8-16(13)19-10)9-17-11(2)12-4-5-12/h7-8,10-12,17H,4-6,9H2,1-3H3. The molecule has 104 valence electrons. The van der Waals surface area contributed by atoms with Gasteiger partial charge in [0.1, 0.15) is 17.6 Å². The Hall–Kier alpha value is -1.22. The lowest BCUT2D eigenvalue weighted by Crippen LogP contribution is -2.27. The molecular formula is C16H23NO2. The van der Waals surface area contributed by atoms with Crippen LogP contribution in [0, 0.1) is 5.92 Å². The van der Waals surface area contributed by atoms with E-state index in [0.717, 1.165) is 30.4 Å². The number of rotatable bonds is 5. The van der Waals surface area contributed by atoms with Crippen LogP contribution in [-0.2, 0) is 13.0 Å². The molecule has 1 N–H and O–H groups in total. The van der Waals surface area contributed by atoms with Crippen LogP contribution in [0.1, 0.15) is 37.8 Å². The Morgan fingerprint density at radius 2 is 2.21 bits per heavy atom. The number of ether oxygens (including phenoxy) is 2. The smallest absolute Gasteiger partial charge is 0.123 e. The van der Waals surface area contributed by atoms with Crippen LogP contribution in [0.25, 0.3) is 0 Å². The molecule has 1 heterocycles. The lowest BCUT2D eigenvalue weighted by Gasteiger charge is -2.15. The average Bonchev–Trinajstić information content (AvgIpc) is 3.17. The molecule has 3 nitrogen and oxygen atoms in total. The lowest BCUT2D eigenvalue weighted by molar-refractivity contribution is 0.254. The van der Waals surface area contributed by atoms with E-state index in [2.05, 4.69) is 31.3 Å². The van der Waals surface area contributed by atoms with Crippen LogP contribution in [-0.4, -0.2) is 19.3 Å². The van der Waals surface area contributed by atoms with Crippen molar-refractivity contribution in [1.82, 2.24) is 5.32 Å². The molecule has 0 amide bonds. The Morgan fingerprint density at radius 3 is 2.89 bits per heavy atom. The minimum atomic E-state index is 0.285. The van der Waals surface area contributed by atoms with Crippen LogP contribution in [0.4, 0.5) is 0 Å². The molecule has 1 aromatic rings. The molecule has 3 heteroatoms. The number of methoxy groups -OCH3 is 1. The van der Waals surface area contributed by atoms with Crippen LogP contribution < -0.4 is 14.8 Å². The zero-order valence-electron chi connectivity index (χ0n) is 12.0. The first-order valence-corrected chi connectivity index (χ1v) is 7.27. The Kier molecular flexibility index (Phi) is 3.40. The summed E-state index contributed by atoms with van der Waals surface area (Å²) in [5.41, 5.74) is 2.46. The maximum absolute atomic E-state index is 5.83. The molecule has 19 heavy (non-hydrogen) atoms. The highest BCUT2D eigenvalue weighted by atomic mass is 16.5. The van der Waals surface area contributed by atoms with Gasteiger partial charge in [-0.25, -0.2) is 0 Å². The Bertz CT molecular complexity index is 468. The second kappa shape index (κ2) is 5.04. The van der Waals surface area contributed by atoms with Gasteiger partial charge in [0, 0.05) is 30.1 Å². The summed E-state index contributed by atoms with van der Waals surface area (Å²) in [6.07, 6.45) is 4.01. The summed E-state index contributed by atoms with van der Waals surface area (Å²) in [5, 5.41) is 3.60. The lowest BCUT2D eigenvalue weighted by atomic mass is 10.1. The molecule has 1 saturated carbocycles. The summed E-state index contributed by atoms with van der Waals surface area (Å²) < 4.78 is 11.3. The molecule has 0 spiro atoms. The Balaban J connectivity index is 1.74. The minimum Gasteiger partial charge on any atom is -0.496 e. The summed E-state index contributed by atoms with van der Waals surface area (Å²) in [6.45, 7) is 5.24. The largest absolute Gasteiger partial charge is 0.496 e. The van der Waals surface area contributed by atoms with Crippen molar-refractivity contribution in [3.05, 3.63) is 23.3 Å². The summed E-state index contributed by atoms with van der Waals surface area (Å²) >= 11 is 0. The van der Waals surface area contributed by atoms with Crippen LogP contribution in [0.5, 0.6) is 11.5 Å². The van der Waals surface area contributed by atoms with E-state index >= 15 is 0 Å². The number of nitrogens with one attached hydrogen (secondary N) is 1. The number of hydrogen-bond donors (Lipinski definition) is 1. The van der Waals surface area contributed by atoms with Crippen LogP contribution in [0.2, 0.25) is 0 Å². The summed E-state index contributed by atoms with van der Waals surface area (Å²) in [6, 6.07) is 4.87. The third kappa shape index (κ3) is 2.71. The molecule has 1 fully saturated rings. The fourth-order valence-electron chi connectivity index (χ4n) is 2.84. The van der Waals surface area contributed by atoms with Gasteiger partial charge in [0.15, 0.2) is 0 Å². The van der Waals surface area contributed by atoms with Gasteiger partial charge in [-0.05, 0) is 44.7 Å². The quantitative estimate of drug-likeness (QED) is 0.884. The third-order valence-electron chi connectivity index (χ3n) is 4.24. The van der Waals surface area contributed by atoms with E-state index in [1.807, 2.05) is 0 Å². The van der Waals surface area contributed by atoms with E-state index in [9.17, 15) is 0 Å². The molecule has 2 unspecified atom stereocenters. The van der Waals surface area contributed by atoms with Crippen molar-refractivity contribution in [1.29, 1.82) is 0 Å². The van der Waals surface area contributed by atoms with E-state index in [4.69, 9.17) is 9.47 Å². The van der Waals surface area contributed by atoms with E-state index in [-0.39, 0.29) is 6.10 Å². The van der Waals surface area contributed by atoms with Gasteiger partial charge in [0.05, 0.1) is 7.11 Å². The second-order valence-corrected chi connectivity index (χ2v) is 5.91. The first-order chi connectivity index (χ1) is 9.17. The second-order valence-electron chi connectivity index (χ2n) is 5.91. The van der Waals surface area contributed by atoms with Gasteiger partial charge in [-0.15, -0.1) is 0 Å². The number of hydrogen-bond acceptors (Lipinski definition) is 3. The van der Waals surface area contributed by atoms with Gasteiger partial charge in [0.2, 0.25) is 0 Å². The SMILES string of the molecule is COc1cc2c(cc1CNC(C)C1CC1)OC(C)C2. The molecule has 0 saturated heterocycles. The molecule has 2 atom stereocenters. The summed E-state index contributed by atoms with van der Waals surface area (Å²) in [7, 11) is 1.74. The van der Waals surface area contributed by atoms with E-state index in [1.54, 1.807) is 7.11 Å². The van der Waals surface area contributed by atoms with Crippen LogP contribution >= 0.6 is 0 Å². The zero-order valence-corrected chi connectivity index (χ0v) is 12.0. The zero-order chi connectivity index (χ0) is 13.4. The molecule has 0 radical (unpaired) electrons. The molecule has 2 aliphatic rings. The van der Waals surface area contributed by atoms with Crippen molar-refractivity contribution < 1.29 is 9.47 Å². The van der Waals surface area contributed by atoms with Gasteiger partial charge in [0.25, 0.3) is 0 Å². The summed E-state index contributed by atoms with van der Waals surface area (Å²) in [4.78, 5) is 0. The van der Waals surface area contributed by atoms with Gasteiger partial charge < -0.3 is 14.8 Å². The highest BCUT2D eigenvalue weighted by Gasteiger charge is 2.28. The highest BCUT2D eigenvalue weighted by Crippen LogP contribution is 2.36. The van der Waals surface area contributed by atoms with Gasteiger partial charge in [-0.2, -0.15) is 0 Å². The molecule has 1 aromatic carbocycles. The molecule has 3 rings (SSSR count). The van der Waals surface area contributed by atoms with Crippen molar-refractivity contribution in [2.24, 2.45) is 5.92 Å². The predicted molar refractivity (Wildman–Crippen MR) is 75.8 cm³/mol. The first kappa shape index (κ1) is 12.8. The molecule has 1 aliphatic heterocycles. The number of fused-ring (bicyclic) bond motifs is 1. The summed E-state index contributed by atoms with van der Waals surface area (Å²) in [5.74, 6) is 2.88. The fraction of sp³-hybridized carbons (Fsp3) is 0.625. The highest BCUT2D eigenvalue weighted by molar-refractivity contribution is 5.48. The maximum Gasteiger partial charge on any atom is 0.123 e. The molecular weight excluding hydrogens is 238 g/mol. The van der Waals surface area contributed by atoms with E-state index < -0.39 is 0 Å². The predicted octanol–water partition coefficient (Wildman–Crippen LogP) is 2.91. The van der Waals surface area contributed by atoms with Crippen molar-refractivity contribution in [3.63, 3.8) is 0 Å². The molecule has 0 bridgehead atoms. The van der Waals surface area contributed by atoms with Crippen molar-refractivity contribution in [3.8, 4) is 11.5 Å². The minimum absolute atomic E-state index is 0.285. The average molecular weight is 261 g/mol. The van der Waals surface area contributed by atoms with Crippen LogP contribution in [0.15, 0.2) is 12.1 Å². The van der Waals surface area contributed by atoms with E-state index in [1.165, 1.54) is 24.0 Å². The van der Waals surface area contributed by atoms with Gasteiger partial charge in [-0.3, -0.25) is 0 Å². The third-order valence-corrected chi connectivity index (χ3v) is 4.24. The molecule has 1 aliphatic carbocycles. The fourth-order valence-corrected chi connectivity index (χ4v) is 2.84.